The zero-order chi connectivity index (χ0) is 28.8. The lowest BCUT2D eigenvalue weighted by Gasteiger charge is -2.15. The minimum atomic E-state index is -5.14. The summed E-state index contributed by atoms with van der Waals surface area (Å²) in [5, 5.41) is 0. The van der Waals surface area contributed by atoms with Crippen molar-refractivity contribution in [2.24, 2.45) is 0 Å². The molecule has 0 atom stereocenters. The maximum atomic E-state index is 13.2. The van der Waals surface area contributed by atoms with Crippen molar-refractivity contribution < 1.29 is 52.7 Å². The van der Waals surface area contributed by atoms with Gasteiger partial charge in [-0.05, 0) is 53.9 Å². The molecule has 0 fully saturated rings. The largest absolute Gasteiger partial charge is 0.416 e. The average Bonchev–Trinajstić information content (AvgIpc) is 3.05. The molecule has 0 unspecified atom stereocenters. The van der Waals surface area contributed by atoms with Gasteiger partial charge in [-0.3, -0.25) is 9.13 Å². The van der Waals surface area contributed by atoms with Crippen LogP contribution in [-0.2, 0) is 44.2 Å². The number of hydrogen-bond donors (Lipinski definition) is 0. The number of nitrogens with zero attached hydrogens (tertiary/aromatic N) is 2. The van der Waals surface area contributed by atoms with Gasteiger partial charge in [0.05, 0.1) is 35.3 Å². The number of benzene rings is 2. The topological polar surface area (TPSA) is 26.9 Å². The maximum absolute atomic E-state index is 13.2. The van der Waals surface area contributed by atoms with Crippen LogP contribution >= 0.6 is 0 Å². The molecule has 0 aliphatic carbocycles. The van der Waals surface area contributed by atoms with Crippen molar-refractivity contribution in [3.05, 3.63) is 92.2 Å². The Morgan fingerprint density at radius 1 is 0.579 bits per heavy atom. The summed E-state index contributed by atoms with van der Waals surface area (Å²) in [6.07, 6.45) is -19.5. The molecule has 3 rings (SSSR count). The van der Waals surface area contributed by atoms with E-state index in [1.807, 2.05) is 0 Å². The van der Waals surface area contributed by atoms with E-state index in [1.165, 1.54) is 6.92 Å². The highest BCUT2D eigenvalue weighted by atomic mass is 19.4. The lowest BCUT2D eigenvalue weighted by Crippen LogP contribution is -2.26. The number of aromatic nitrogens is 2. The number of aryl methyl sites for hydroxylation is 1. The van der Waals surface area contributed by atoms with E-state index in [1.54, 1.807) is 0 Å². The molecule has 0 saturated carbocycles. The molecule has 0 spiro atoms. The third-order valence-corrected chi connectivity index (χ3v) is 5.48. The Morgan fingerprint density at radius 3 is 1.24 bits per heavy atom. The molecule has 0 amide bonds. The van der Waals surface area contributed by atoms with Gasteiger partial charge in [-0.1, -0.05) is 6.92 Å². The van der Waals surface area contributed by atoms with Gasteiger partial charge in [-0.15, -0.1) is 0 Å². The smallest absolute Gasteiger partial charge is 0.295 e. The molecule has 208 valence electrons. The SMILES string of the molecule is CCc1cn(Cc2cc(C(F)(F)F)cc(C(F)(F)F)c2)c(=O)n1Cc1cc(C(F)(F)F)cc(C(F)(F)F)c1. The minimum absolute atomic E-state index is 0.0176. The molecule has 0 bridgehead atoms. The van der Waals surface area contributed by atoms with Crippen LogP contribution in [0, 0.1) is 0 Å². The van der Waals surface area contributed by atoms with Gasteiger partial charge in [-0.25, -0.2) is 4.79 Å². The number of rotatable bonds is 5. The summed E-state index contributed by atoms with van der Waals surface area (Å²) in [5.74, 6) is 0. The lowest BCUT2D eigenvalue weighted by atomic mass is 10.0. The summed E-state index contributed by atoms with van der Waals surface area (Å²) < 4.78 is 160. The molecule has 0 saturated heterocycles. The van der Waals surface area contributed by atoms with E-state index in [-0.39, 0.29) is 24.2 Å². The molecule has 0 aliphatic heterocycles. The zero-order valence-electron chi connectivity index (χ0n) is 19.0. The molecular formula is C23H16F12N2O. The van der Waals surface area contributed by atoms with E-state index in [4.69, 9.17) is 0 Å². The molecule has 3 nitrogen and oxygen atoms in total. The fourth-order valence-corrected chi connectivity index (χ4v) is 3.75. The zero-order valence-corrected chi connectivity index (χ0v) is 19.0. The number of halogens is 12. The molecule has 0 aliphatic rings. The van der Waals surface area contributed by atoms with Crippen molar-refractivity contribution >= 4 is 0 Å². The Labute approximate surface area is 205 Å². The highest BCUT2D eigenvalue weighted by Gasteiger charge is 2.38. The number of imidazole rings is 1. The summed E-state index contributed by atoms with van der Waals surface area (Å²) >= 11 is 0. The Kier molecular flexibility index (Phi) is 7.47. The second-order valence-electron chi connectivity index (χ2n) is 8.30. The van der Waals surface area contributed by atoms with Crippen molar-refractivity contribution in [2.45, 2.75) is 51.1 Å². The second-order valence-corrected chi connectivity index (χ2v) is 8.30. The van der Waals surface area contributed by atoms with Crippen LogP contribution in [0.25, 0.3) is 0 Å². The Morgan fingerprint density at radius 2 is 0.921 bits per heavy atom. The van der Waals surface area contributed by atoms with Crippen LogP contribution in [0.4, 0.5) is 52.7 Å². The van der Waals surface area contributed by atoms with E-state index in [0.29, 0.717) is 24.3 Å². The van der Waals surface area contributed by atoms with Gasteiger partial charge in [0.25, 0.3) is 0 Å². The van der Waals surface area contributed by atoms with Gasteiger partial charge in [0.2, 0.25) is 0 Å². The highest BCUT2D eigenvalue weighted by molar-refractivity contribution is 5.35. The summed E-state index contributed by atoms with van der Waals surface area (Å²) in [6, 6.07) is 1.46. The Bertz CT molecular complexity index is 1310. The normalized spacial score (nSPS) is 13.3. The molecule has 38 heavy (non-hydrogen) atoms. The first-order chi connectivity index (χ1) is 17.2. The van der Waals surface area contributed by atoms with Crippen LogP contribution in [0.5, 0.6) is 0 Å². The molecule has 1 heterocycles. The van der Waals surface area contributed by atoms with E-state index < -0.39 is 76.9 Å². The Hall–Kier alpha value is -3.39. The standard InChI is InChI=1S/C23H16F12N2O/c1-2-18-11-36(9-12-3-14(20(24,25)26)7-15(4-12)21(27,28)29)19(38)37(18)10-13-5-16(22(30,31)32)8-17(6-13)23(33,34)35/h3-8,11H,2,9-10H2,1H3. The number of hydrogen-bond acceptors (Lipinski definition) is 1. The fraction of sp³-hybridized carbons (Fsp3) is 0.348. The third kappa shape index (κ3) is 6.54. The van der Waals surface area contributed by atoms with E-state index in [9.17, 15) is 57.5 Å². The van der Waals surface area contributed by atoms with Crippen LogP contribution in [0.15, 0.2) is 47.4 Å². The molecular weight excluding hydrogens is 548 g/mol. The van der Waals surface area contributed by atoms with Crippen molar-refractivity contribution in [1.82, 2.24) is 9.13 Å². The van der Waals surface area contributed by atoms with Crippen LogP contribution in [0.1, 0.15) is 46.0 Å². The second kappa shape index (κ2) is 9.73. The van der Waals surface area contributed by atoms with E-state index in [2.05, 4.69) is 0 Å². The molecule has 0 N–H and O–H groups in total. The van der Waals surface area contributed by atoms with E-state index in [0.717, 1.165) is 15.3 Å². The Balaban J connectivity index is 2.08. The summed E-state index contributed by atoms with van der Waals surface area (Å²) in [4.78, 5) is 12.9. The van der Waals surface area contributed by atoms with Crippen molar-refractivity contribution in [2.75, 3.05) is 0 Å². The van der Waals surface area contributed by atoms with Gasteiger partial charge >= 0.3 is 30.4 Å². The maximum Gasteiger partial charge on any atom is 0.416 e. The van der Waals surface area contributed by atoms with Crippen molar-refractivity contribution in [1.29, 1.82) is 0 Å². The molecule has 15 heteroatoms. The van der Waals surface area contributed by atoms with Crippen LogP contribution < -0.4 is 5.69 Å². The summed E-state index contributed by atoms with van der Waals surface area (Å²) in [5.41, 5.74) is -8.54. The number of alkyl halides is 12. The van der Waals surface area contributed by atoms with Crippen molar-refractivity contribution in [3.63, 3.8) is 0 Å². The first-order valence-electron chi connectivity index (χ1n) is 10.6. The van der Waals surface area contributed by atoms with Gasteiger partial charge in [0, 0.05) is 11.9 Å². The molecule has 3 aromatic rings. The molecule has 0 radical (unpaired) electrons. The first kappa shape index (κ1) is 29.2. The first-order valence-corrected chi connectivity index (χ1v) is 10.6. The quantitative estimate of drug-likeness (QED) is 0.297. The third-order valence-electron chi connectivity index (χ3n) is 5.48. The minimum Gasteiger partial charge on any atom is -0.295 e. The predicted molar refractivity (Wildman–Crippen MR) is 109 cm³/mol. The molecule has 2 aromatic carbocycles. The molecule has 1 aromatic heterocycles. The predicted octanol–water partition coefficient (Wildman–Crippen LogP) is 7.38. The average molecular weight is 564 g/mol. The van der Waals surface area contributed by atoms with E-state index >= 15 is 0 Å². The van der Waals surface area contributed by atoms with Gasteiger partial charge in [-0.2, -0.15) is 52.7 Å². The van der Waals surface area contributed by atoms with Crippen LogP contribution in [0.2, 0.25) is 0 Å². The van der Waals surface area contributed by atoms with Gasteiger partial charge in [0.15, 0.2) is 0 Å². The highest BCUT2D eigenvalue weighted by Crippen LogP contribution is 2.38. The monoisotopic (exact) mass is 564 g/mol. The fourth-order valence-electron chi connectivity index (χ4n) is 3.75. The summed E-state index contributed by atoms with van der Waals surface area (Å²) in [6.45, 7) is -0.0600. The van der Waals surface area contributed by atoms with Gasteiger partial charge in [0.1, 0.15) is 0 Å². The van der Waals surface area contributed by atoms with Gasteiger partial charge < -0.3 is 0 Å². The van der Waals surface area contributed by atoms with Crippen LogP contribution in [-0.4, -0.2) is 9.13 Å². The summed E-state index contributed by atoms with van der Waals surface area (Å²) in [7, 11) is 0. The lowest BCUT2D eigenvalue weighted by molar-refractivity contribution is -0.144. The van der Waals surface area contributed by atoms with Crippen LogP contribution in [0.3, 0.4) is 0 Å². The van der Waals surface area contributed by atoms with Crippen molar-refractivity contribution in [3.8, 4) is 0 Å².